The highest BCUT2D eigenvalue weighted by molar-refractivity contribution is 7.15. The molecule has 0 saturated heterocycles. The van der Waals surface area contributed by atoms with Crippen LogP contribution in [0.3, 0.4) is 0 Å². The van der Waals surface area contributed by atoms with Crippen LogP contribution in [0.25, 0.3) is 4.83 Å². The minimum absolute atomic E-state index is 0.694. The topological polar surface area (TPSA) is 43.3 Å². The van der Waals surface area contributed by atoms with Gasteiger partial charge in [0.25, 0.3) is 0 Å². The fraction of sp³-hybridized carbons (Fsp3) is 0.286. The molecule has 2 rings (SSSR count). The SMILES string of the molecule is NCCc1cnn2ccsc12. The molecule has 0 bridgehead atoms. The van der Waals surface area contributed by atoms with E-state index in [9.17, 15) is 0 Å². The first-order valence-corrected chi connectivity index (χ1v) is 4.39. The van der Waals surface area contributed by atoms with Gasteiger partial charge in [-0.05, 0) is 13.0 Å². The van der Waals surface area contributed by atoms with E-state index >= 15 is 0 Å². The van der Waals surface area contributed by atoms with Crippen LogP contribution in [0.5, 0.6) is 0 Å². The van der Waals surface area contributed by atoms with Crippen LogP contribution in [-0.2, 0) is 6.42 Å². The fourth-order valence-corrected chi connectivity index (χ4v) is 1.93. The van der Waals surface area contributed by atoms with Gasteiger partial charge in [-0.25, -0.2) is 4.52 Å². The van der Waals surface area contributed by atoms with Crippen LogP contribution in [0.15, 0.2) is 17.8 Å². The molecule has 3 nitrogen and oxygen atoms in total. The number of aromatic nitrogens is 2. The molecule has 0 aliphatic carbocycles. The standard InChI is InChI=1S/C7H9N3S/c8-2-1-6-5-9-10-3-4-11-7(6)10/h3-5H,1-2,8H2. The molecule has 0 unspecified atom stereocenters. The molecule has 2 heterocycles. The highest BCUT2D eigenvalue weighted by Crippen LogP contribution is 2.16. The number of hydrogen-bond donors (Lipinski definition) is 1. The Labute approximate surface area is 68.4 Å². The zero-order valence-electron chi connectivity index (χ0n) is 6.03. The summed E-state index contributed by atoms with van der Waals surface area (Å²) in [5, 5.41) is 6.20. The third kappa shape index (κ3) is 1.04. The van der Waals surface area contributed by atoms with E-state index in [-0.39, 0.29) is 0 Å². The van der Waals surface area contributed by atoms with Gasteiger partial charge in [0, 0.05) is 17.1 Å². The molecule has 0 aromatic carbocycles. The van der Waals surface area contributed by atoms with Gasteiger partial charge in [-0.3, -0.25) is 0 Å². The molecule has 0 fully saturated rings. The largest absolute Gasteiger partial charge is 0.330 e. The average Bonchev–Trinajstić information content (AvgIpc) is 2.53. The van der Waals surface area contributed by atoms with Gasteiger partial charge in [0.05, 0.1) is 6.20 Å². The van der Waals surface area contributed by atoms with Crippen molar-refractivity contribution < 1.29 is 0 Å². The van der Waals surface area contributed by atoms with Crippen LogP contribution in [0, 0.1) is 0 Å². The smallest absolute Gasteiger partial charge is 0.122 e. The molecule has 11 heavy (non-hydrogen) atoms. The lowest BCUT2D eigenvalue weighted by Gasteiger charge is -1.88. The zero-order chi connectivity index (χ0) is 7.68. The molecule has 4 heteroatoms. The average molecular weight is 167 g/mol. The van der Waals surface area contributed by atoms with Crippen LogP contribution >= 0.6 is 11.3 Å². The van der Waals surface area contributed by atoms with Gasteiger partial charge in [-0.2, -0.15) is 5.10 Å². The molecular weight excluding hydrogens is 158 g/mol. The van der Waals surface area contributed by atoms with Gasteiger partial charge in [-0.1, -0.05) is 0 Å². The first-order chi connectivity index (χ1) is 5.42. The van der Waals surface area contributed by atoms with E-state index in [1.807, 2.05) is 22.3 Å². The number of fused-ring (bicyclic) bond motifs is 1. The summed E-state index contributed by atoms with van der Waals surface area (Å²) in [7, 11) is 0. The summed E-state index contributed by atoms with van der Waals surface area (Å²) in [4.78, 5) is 1.22. The molecule has 0 aliphatic heterocycles. The Morgan fingerprint density at radius 2 is 2.55 bits per heavy atom. The fourth-order valence-electron chi connectivity index (χ4n) is 1.10. The van der Waals surface area contributed by atoms with E-state index in [0.717, 1.165) is 6.42 Å². The third-order valence-electron chi connectivity index (χ3n) is 1.62. The van der Waals surface area contributed by atoms with E-state index in [2.05, 4.69) is 5.10 Å². The minimum Gasteiger partial charge on any atom is -0.330 e. The number of thiazole rings is 1. The highest BCUT2D eigenvalue weighted by atomic mass is 32.1. The van der Waals surface area contributed by atoms with Crippen molar-refractivity contribution in [2.75, 3.05) is 6.54 Å². The van der Waals surface area contributed by atoms with Gasteiger partial charge in [0.15, 0.2) is 0 Å². The van der Waals surface area contributed by atoms with Crippen molar-refractivity contribution in [3.63, 3.8) is 0 Å². The summed E-state index contributed by atoms with van der Waals surface area (Å²) >= 11 is 1.71. The number of nitrogens with two attached hydrogens (primary N) is 1. The van der Waals surface area contributed by atoms with Crippen LogP contribution < -0.4 is 5.73 Å². The second-order valence-electron chi connectivity index (χ2n) is 2.36. The van der Waals surface area contributed by atoms with Crippen LogP contribution in [0.4, 0.5) is 0 Å². The Morgan fingerprint density at radius 1 is 1.64 bits per heavy atom. The summed E-state index contributed by atoms with van der Waals surface area (Å²) in [5.41, 5.74) is 6.70. The van der Waals surface area contributed by atoms with Crippen molar-refractivity contribution in [2.45, 2.75) is 6.42 Å². The van der Waals surface area contributed by atoms with Gasteiger partial charge < -0.3 is 5.73 Å². The predicted octanol–water partition coefficient (Wildman–Crippen LogP) is 0.897. The normalized spacial score (nSPS) is 11.0. The maximum atomic E-state index is 5.45. The summed E-state index contributed by atoms with van der Waals surface area (Å²) in [6, 6.07) is 0. The Bertz CT molecular complexity index is 349. The zero-order valence-corrected chi connectivity index (χ0v) is 6.84. The van der Waals surface area contributed by atoms with Crippen molar-refractivity contribution in [2.24, 2.45) is 5.73 Å². The summed E-state index contributed by atoms with van der Waals surface area (Å²) < 4.78 is 1.88. The molecular formula is C7H9N3S. The first-order valence-electron chi connectivity index (χ1n) is 3.51. The Kier molecular flexibility index (Phi) is 1.63. The number of hydrogen-bond acceptors (Lipinski definition) is 3. The number of nitrogens with zero attached hydrogens (tertiary/aromatic N) is 2. The monoisotopic (exact) mass is 167 g/mol. The lowest BCUT2D eigenvalue weighted by molar-refractivity contribution is 0.970. The van der Waals surface area contributed by atoms with Crippen molar-refractivity contribution in [3.05, 3.63) is 23.3 Å². The first kappa shape index (κ1) is 6.82. The van der Waals surface area contributed by atoms with Crippen molar-refractivity contribution in [3.8, 4) is 0 Å². The molecule has 2 aromatic rings. The van der Waals surface area contributed by atoms with Crippen molar-refractivity contribution in [1.82, 2.24) is 9.61 Å². The summed E-state index contributed by atoms with van der Waals surface area (Å²) in [6.45, 7) is 0.694. The Balaban J connectivity index is 2.51. The number of rotatable bonds is 2. The Hall–Kier alpha value is -0.870. The second-order valence-corrected chi connectivity index (χ2v) is 3.26. The van der Waals surface area contributed by atoms with E-state index in [0.29, 0.717) is 6.54 Å². The predicted molar refractivity (Wildman–Crippen MR) is 45.8 cm³/mol. The molecule has 0 saturated carbocycles. The molecule has 2 N–H and O–H groups in total. The summed E-state index contributed by atoms with van der Waals surface area (Å²) in [5.74, 6) is 0. The van der Waals surface area contributed by atoms with Gasteiger partial charge in [0.1, 0.15) is 4.83 Å². The van der Waals surface area contributed by atoms with Crippen LogP contribution in [0.1, 0.15) is 5.56 Å². The third-order valence-corrected chi connectivity index (χ3v) is 2.55. The lowest BCUT2D eigenvalue weighted by atomic mass is 10.3. The summed E-state index contributed by atoms with van der Waals surface area (Å²) in [6.07, 6.45) is 4.77. The van der Waals surface area contributed by atoms with E-state index in [1.54, 1.807) is 11.3 Å². The van der Waals surface area contributed by atoms with Gasteiger partial charge >= 0.3 is 0 Å². The quantitative estimate of drug-likeness (QED) is 0.722. The molecule has 0 amide bonds. The molecule has 0 radical (unpaired) electrons. The van der Waals surface area contributed by atoms with E-state index < -0.39 is 0 Å². The molecule has 2 aromatic heterocycles. The Morgan fingerprint density at radius 3 is 3.36 bits per heavy atom. The van der Waals surface area contributed by atoms with Gasteiger partial charge in [0.2, 0.25) is 0 Å². The maximum Gasteiger partial charge on any atom is 0.122 e. The second kappa shape index (κ2) is 2.64. The molecule has 0 atom stereocenters. The van der Waals surface area contributed by atoms with Crippen molar-refractivity contribution in [1.29, 1.82) is 0 Å². The maximum absolute atomic E-state index is 5.45. The molecule has 58 valence electrons. The van der Waals surface area contributed by atoms with Crippen molar-refractivity contribution >= 4 is 16.2 Å². The molecule has 0 spiro atoms. The highest BCUT2D eigenvalue weighted by Gasteiger charge is 2.02. The van der Waals surface area contributed by atoms with E-state index in [4.69, 9.17) is 5.73 Å². The molecule has 0 aliphatic rings. The van der Waals surface area contributed by atoms with Crippen LogP contribution in [-0.4, -0.2) is 16.2 Å². The van der Waals surface area contributed by atoms with Crippen LogP contribution in [0.2, 0.25) is 0 Å². The van der Waals surface area contributed by atoms with Gasteiger partial charge in [-0.15, -0.1) is 11.3 Å². The van der Waals surface area contributed by atoms with E-state index in [1.165, 1.54) is 10.4 Å². The lowest BCUT2D eigenvalue weighted by Crippen LogP contribution is -2.01. The minimum atomic E-state index is 0.694.